The molecule has 1 aliphatic heterocycles. The van der Waals surface area contributed by atoms with Gasteiger partial charge in [-0.3, -0.25) is 0 Å². The maximum Gasteiger partial charge on any atom is 0.292 e. The van der Waals surface area contributed by atoms with E-state index in [1.807, 2.05) is 12.1 Å². The molecule has 0 unspecified atom stereocenters. The zero-order chi connectivity index (χ0) is 17.0. The predicted molar refractivity (Wildman–Crippen MR) is 78.6 cm³/mol. The first-order valence-corrected chi connectivity index (χ1v) is 7.02. The Hall–Kier alpha value is -2.19. The Bertz CT molecular complexity index is 790. The fraction of sp³-hybridized carbons (Fsp3) is 0.400. The molecule has 3 atom stereocenters. The van der Waals surface area contributed by atoms with Crippen LogP contribution in [0.3, 0.4) is 0 Å². The quantitative estimate of drug-likeness (QED) is 0.850. The number of methoxy groups -OCH3 is 2. The summed E-state index contributed by atoms with van der Waals surface area (Å²) in [5.41, 5.74) is 2.79. The number of hydrogen-bond donors (Lipinski definition) is 1. The average molecular weight is 335 g/mol. The van der Waals surface area contributed by atoms with Gasteiger partial charge in [0.2, 0.25) is 0 Å². The SMILES string of the molecule is COC1(OC)N=C(N)[C@@]2(C#N)[C@@H](c3c(F)cccc3Cl)[C@]12C#N. The predicted octanol–water partition coefficient (Wildman–Crippen LogP) is 1.91. The van der Waals surface area contributed by atoms with Gasteiger partial charge in [0.05, 0.1) is 12.1 Å². The van der Waals surface area contributed by atoms with E-state index in [2.05, 4.69) is 4.99 Å². The van der Waals surface area contributed by atoms with Gasteiger partial charge in [0.25, 0.3) is 5.91 Å². The van der Waals surface area contributed by atoms with Gasteiger partial charge in [-0.15, -0.1) is 0 Å². The van der Waals surface area contributed by atoms with Gasteiger partial charge in [0.15, 0.2) is 5.41 Å². The average Bonchev–Trinajstić information content (AvgIpc) is 3.09. The first kappa shape index (κ1) is 15.7. The van der Waals surface area contributed by atoms with Crippen molar-refractivity contribution in [1.29, 1.82) is 10.5 Å². The lowest BCUT2D eigenvalue weighted by atomic mass is 9.93. The van der Waals surface area contributed by atoms with Gasteiger partial charge in [-0.05, 0) is 12.1 Å². The lowest BCUT2D eigenvalue weighted by molar-refractivity contribution is -0.230. The van der Waals surface area contributed by atoms with Crippen LogP contribution >= 0.6 is 11.6 Å². The Labute approximate surface area is 136 Å². The van der Waals surface area contributed by atoms with Crippen molar-refractivity contribution in [2.75, 3.05) is 14.2 Å². The summed E-state index contributed by atoms with van der Waals surface area (Å²) in [7, 11) is 2.57. The number of rotatable bonds is 3. The van der Waals surface area contributed by atoms with E-state index in [9.17, 15) is 14.9 Å². The van der Waals surface area contributed by atoms with Crippen LogP contribution in [0.2, 0.25) is 5.02 Å². The summed E-state index contributed by atoms with van der Waals surface area (Å²) in [6, 6.07) is 8.19. The molecule has 3 rings (SSSR count). The van der Waals surface area contributed by atoms with Crippen LogP contribution in [-0.2, 0) is 9.47 Å². The number of hydrogen-bond acceptors (Lipinski definition) is 6. The van der Waals surface area contributed by atoms with E-state index in [4.69, 9.17) is 26.8 Å². The summed E-state index contributed by atoms with van der Waals surface area (Å²) in [4.78, 5) is 4.05. The molecule has 2 aliphatic rings. The van der Waals surface area contributed by atoms with Crippen molar-refractivity contribution in [3.63, 3.8) is 0 Å². The van der Waals surface area contributed by atoms with Crippen molar-refractivity contribution in [2.24, 2.45) is 21.6 Å². The fourth-order valence-electron chi connectivity index (χ4n) is 3.74. The van der Waals surface area contributed by atoms with Gasteiger partial charge in [-0.2, -0.15) is 10.5 Å². The molecule has 1 aromatic rings. The molecule has 0 amide bonds. The molecule has 1 saturated carbocycles. The van der Waals surface area contributed by atoms with Gasteiger partial charge in [0.1, 0.15) is 17.1 Å². The molecular formula is C15H12ClFN4O2. The van der Waals surface area contributed by atoms with Crippen LogP contribution in [-0.4, -0.2) is 26.0 Å². The second-order valence-corrected chi connectivity index (χ2v) is 5.80. The molecule has 0 aromatic heterocycles. The van der Waals surface area contributed by atoms with Crippen molar-refractivity contribution < 1.29 is 13.9 Å². The van der Waals surface area contributed by atoms with Gasteiger partial charge in [-0.1, -0.05) is 17.7 Å². The van der Waals surface area contributed by atoms with Crippen molar-refractivity contribution in [3.8, 4) is 12.1 Å². The summed E-state index contributed by atoms with van der Waals surface area (Å²) in [5.74, 6) is -3.50. The largest absolute Gasteiger partial charge is 0.386 e. The normalized spacial score (nSPS) is 33.3. The van der Waals surface area contributed by atoms with Crippen molar-refractivity contribution >= 4 is 17.4 Å². The van der Waals surface area contributed by atoms with E-state index < -0.39 is 28.5 Å². The van der Waals surface area contributed by atoms with Gasteiger partial charge in [-0.25, -0.2) is 9.38 Å². The van der Waals surface area contributed by atoms with Crippen molar-refractivity contribution in [1.82, 2.24) is 0 Å². The Morgan fingerprint density at radius 3 is 2.43 bits per heavy atom. The van der Waals surface area contributed by atoms with Crippen molar-refractivity contribution in [3.05, 3.63) is 34.6 Å². The highest BCUT2D eigenvalue weighted by Crippen LogP contribution is 2.82. The lowest BCUT2D eigenvalue weighted by Gasteiger charge is -2.29. The highest BCUT2D eigenvalue weighted by Gasteiger charge is 2.94. The van der Waals surface area contributed by atoms with E-state index in [-0.39, 0.29) is 16.4 Å². The molecule has 0 bridgehead atoms. The van der Waals surface area contributed by atoms with Crippen LogP contribution in [0.4, 0.5) is 4.39 Å². The third-order valence-corrected chi connectivity index (χ3v) is 5.10. The second-order valence-electron chi connectivity index (χ2n) is 5.40. The fourth-order valence-corrected chi connectivity index (χ4v) is 4.01. The molecule has 8 heteroatoms. The Morgan fingerprint density at radius 1 is 1.30 bits per heavy atom. The smallest absolute Gasteiger partial charge is 0.292 e. The zero-order valence-corrected chi connectivity index (χ0v) is 13.1. The van der Waals surface area contributed by atoms with Crippen LogP contribution in [0.25, 0.3) is 0 Å². The molecule has 1 fully saturated rings. The monoisotopic (exact) mass is 334 g/mol. The molecule has 6 nitrogen and oxygen atoms in total. The molecule has 1 heterocycles. The Balaban J connectivity index is 2.33. The minimum absolute atomic E-state index is 0.0357. The standard InChI is InChI=1S/C15H12ClFN4O2/c1-22-15(23-2)14(7-19)11(13(14,6-18)12(20)21-15)10-8(16)4-3-5-9(10)17/h3-5,11H,1-2H3,(H2,20,21)/t11-,13-,14+/m1/s1. The van der Waals surface area contributed by atoms with E-state index in [1.54, 1.807) is 0 Å². The number of nitrogens with two attached hydrogens (primary N) is 1. The van der Waals surface area contributed by atoms with Crippen LogP contribution in [0, 0.1) is 39.3 Å². The van der Waals surface area contributed by atoms with E-state index in [1.165, 1.54) is 32.4 Å². The third kappa shape index (κ3) is 1.41. The number of fused-ring (bicyclic) bond motifs is 1. The topological polar surface area (TPSA) is 104 Å². The molecule has 1 aromatic carbocycles. The molecule has 1 aliphatic carbocycles. The first-order chi connectivity index (χ1) is 10.9. The Kier molecular flexibility index (Phi) is 3.18. The number of benzene rings is 1. The minimum atomic E-state index is -1.79. The van der Waals surface area contributed by atoms with Gasteiger partial charge in [0, 0.05) is 30.7 Å². The number of halogens is 2. The maximum absolute atomic E-state index is 14.4. The maximum atomic E-state index is 14.4. The van der Waals surface area contributed by atoms with Crippen molar-refractivity contribution in [2.45, 2.75) is 11.8 Å². The molecule has 0 radical (unpaired) electrons. The summed E-state index contributed by atoms with van der Waals surface area (Å²) < 4.78 is 25.0. The summed E-state index contributed by atoms with van der Waals surface area (Å²) >= 11 is 6.12. The van der Waals surface area contributed by atoms with Gasteiger partial charge >= 0.3 is 0 Å². The molecule has 0 spiro atoms. The first-order valence-electron chi connectivity index (χ1n) is 6.65. The lowest BCUT2D eigenvalue weighted by Crippen LogP contribution is -2.41. The number of amidine groups is 1. The third-order valence-electron chi connectivity index (χ3n) is 4.77. The van der Waals surface area contributed by atoms with E-state index in [0.717, 1.165) is 0 Å². The van der Waals surface area contributed by atoms with Crippen LogP contribution in [0.15, 0.2) is 23.2 Å². The number of ether oxygens (including phenoxy) is 2. The van der Waals surface area contributed by atoms with Crippen LogP contribution < -0.4 is 5.73 Å². The molecule has 0 saturated heterocycles. The van der Waals surface area contributed by atoms with Gasteiger partial charge < -0.3 is 15.2 Å². The molecule has 2 N–H and O–H groups in total. The summed E-state index contributed by atoms with van der Waals surface area (Å²) in [6.45, 7) is 0. The highest BCUT2D eigenvalue weighted by atomic mass is 35.5. The summed E-state index contributed by atoms with van der Waals surface area (Å²) in [5, 5.41) is 19.7. The van der Waals surface area contributed by atoms with Crippen LogP contribution in [0.5, 0.6) is 0 Å². The van der Waals surface area contributed by atoms with E-state index in [0.29, 0.717) is 0 Å². The minimum Gasteiger partial charge on any atom is -0.386 e. The Morgan fingerprint density at radius 2 is 1.96 bits per heavy atom. The summed E-state index contributed by atoms with van der Waals surface area (Å²) in [6.07, 6.45) is 0. The number of nitriles is 2. The van der Waals surface area contributed by atoms with E-state index >= 15 is 0 Å². The second kappa shape index (κ2) is 4.65. The molecule has 23 heavy (non-hydrogen) atoms. The highest BCUT2D eigenvalue weighted by molar-refractivity contribution is 6.31. The zero-order valence-electron chi connectivity index (χ0n) is 12.3. The number of nitrogens with zero attached hydrogens (tertiary/aromatic N) is 3. The van der Waals surface area contributed by atoms with Crippen LogP contribution in [0.1, 0.15) is 11.5 Å². The number of aliphatic imine (C=N–C) groups is 1. The molecule has 118 valence electrons. The molecular weight excluding hydrogens is 323 g/mol.